The number of fused-ring (bicyclic) bond motifs is 1. The number of nitrogens with one attached hydrogen (secondary N) is 1. The van der Waals surface area contributed by atoms with Crippen LogP contribution in [0.2, 0.25) is 0 Å². The summed E-state index contributed by atoms with van der Waals surface area (Å²) in [4.78, 5) is 16.8. The Bertz CT molecular complexity index is 1010. The molecular formula is C22H29N3O4S. The highest BCUT2D eigenvalue weighted by Gasteiger charge is 2.27. The van der Waals surface area contributed by atoms with E-state index in [1.807, 2.05) is 24.3 Å². The number of anilines is 1. The summed E-state index contributed by atoms with van der Waals surface area (Å²) in [6.07, 6.45) is -0.177. The average molecular weight is 432 g/mol. The second-order valence-electron chi connectivity index (χ2n) is 7.74. The third kappa shape index (κ3) is 4.94. The highest BCUT2D eigenvalue weighted by Crippen LogP contribution is 2.32. The molecule has 1 aliphatic heterocycles. The summed E-state index contributed by atoms with van der Waals surface area (Å²) < 4.78 is 33.5. The molecule has 162 valence electrons. The van der Waals surface area contributed by atoms with Crippen molar-refractivity contribution in [2.24, 2.45) is 0 Å². The summed E-state index contributed by atoms with van der Waals surface area (Å²) in [7, 11) is -1.96. The van der Waals surface area contributed by atoms with Gasteiger partial charge in [-0.15, -0.1) is 0 Å². The van der Waals surface area contributed by atoms with E-state index in [-0.39, 0.29) is 22.9 Å². The van der Waals surface area contributed by atoms with E-state index in [9.17, 15) is 13.2 Å². The van der Waals surface area contributed by atoms with Crippen LogP contribution in [0.15, 0.2) is 53.4 Å². The number of rotatable bonds is 7. The topological polar surface area (TPSA) is 79.0 Å². The molecule has 1 N–H and O–H groups in total. The normalized spacial score (nSPS) is 16.2. The highest BCUT2D eigenvalue weighted by molar-refractivity contribution is 7.89. The molecule has 0 unspecified atom stereocenters. The van der Waals surface area contributed by atoms with Crippen molar-refractivity contribution in [1.82, 2.24) is 9.62 Å². The Kier molecular flexibility index (Phi) is 6.67. The lowest BCUT2D eigenvalue weighted by atomic mass is 10.1. The van der Waals surface area contributed by atoms with Crippen LogP contribution in [-0.4, -0.2) is 58.1 Å². The number of sulfonamides is 1. The van der Waals surface area contributed by atoms with Gasteiger partial charge < -0.3 is 14.5 Å². The lowest BCUT2D eigenvalue weighted by Crippen LogP contribution is -2.46. The van der Waals surface area contributed by atoms with Crippen molar-refractivity contribution in [3.63, 3.8) is 0 Å². The van der Waals surface area contributed by atoms with E-state index in [1.54, 1.807) is 37.9 Å². The third-order valence-corrected chi connectivity index (χ3v) is 6.57. The van der Waals surface area contributed by atoms with Gasteiger partial charge in [0.25, 0.3) is 5.91 Å². The monoisotopic (exact) mass is 431 g/mol. The van der Waals surface area contributed by atoms with Crippen LogP contribution in [0.5, 0.6) is 5.75 Å². The molecule has 30 heavy (non-hydrogen) atoms. The molecule has 1 heterocycles. The van der Waals surface area contributed by atoms with Crippen LogP contribution in [0.1, 0.15) is 31.1 Å². The second kappa shape index (κ2) is 9.06. The first-order chi connectivity index (χ1) is 14.2. The van der Waals surface area contributed by atoms with Crippen LogP contribution < -0.4 is 14.4 Å². The SMILES string of the molecule is CCN1C[C@@H](CN(C)C(=O)c2cccc(S(=O)(=O)NC(C)C)c2)Oc2ccccc21. The summed E-state index contributed by atoms with van der Waals surface area (Å²) in [5.74, 6) is 0.561. The van der Waals surface area contributed by atoms with Crippen LogP contribution >= 0.6 is 0 Å². The zero-order chi connectivity index (χ0) is 21.9. The van der Waals surface area contributed by atoms with E-state index in [0.717, 1.165) is 18.0 Å². The number of nitrogens with zero attached hydrogens (tertiary/aromatic N) is 2. The zero-order valence-electron chi connectivity index (χ0n) is 17.8. The molecule has 0 saturated carbocycles. The van der Waals surface area contributed by atoms with Crippen LogP contribution in [0.3, 0.4) is 0 Å². The first kappa shape index (κ1) is 22.1. The number of carbonyl (C=O) groups is 1. The molecule has 2 aromatic carbocycles. The van der Waals surface area contributed by atoms with Crippen molar-refractivity contribution >= 4 is 21.6 Å². The lowest BCUT2D eigenvalue weighted by Gasteiger charge is -2.37. The Morgan fingerprint density at radius 2 is 1.97 bits per heavy atom. The largest absolute Gasteiger partial charge is 0.485 e. The van der Waals surface area contributed by atoms with E-state index >= 15 is 0 Å². The zero-order valence-corrected chi connectivity index (χ0v) is 18.6. The number of benzene rings is 2. The Morgan fingerprint density at radius 1 is 1.23 bits per heavy atom. The molecule has 2 aromatic rings. The molecule has 0 saturated heterocycles. The van der Waals surface area contributed by atoms with Crippen LogP contribution in [0, 0.1) is 0 Å². The van der Waals surface area contributed by atoms with E-state index in [4.69, 9.17) is 4.74 Å². The molecule has 0 spiro atoms. The molecular weight excluding hydrogens is 402 g/mol. The van der Waals surface area contributed by atoms with E-state index in [0.29, 0.717) is 18.7 Å². The Morgan fingerprint density at radius 3 is 2.67 bits per heavy atom. The van der Waals surface area contributed by atoms with Gasteiger partial charge in [0.15, 0.2) is 0 Å². The van der Waals surface area contributed by atoms with E-state index < -0.39 is 10.0 Å². The standard InChI is InChI=1S/C22H29N3O4S/c1-5-25-15-18(29-21-12-7-6-11-20(21)25)14-24(4)22(26)17-9-8-10-19(13-17)30(27,28)23-16(2)3/h6-13,16,18,23H,5,14-15H2,1-4H3/t18-/m1/s1. The summed E-state index contributed by atoms with van der Waals surface area (Å²) in [5.41, 5.74) is 1.38. The predicted molar refractivity (Wildman–Crippen MR) is 118 cm³/mol. The molecule has 0 aromatic heterocycles. The van der Waals surface area contributed by atoms with E-state index in [1.165, 1.54) is 12.1 Å². The predicted octanol–water partition coefficient (Wildman–Crippen LogP) is 2.73. The fourth-order valence-corrected chi connectivity index (χ4v) is 4.85. The van der Waals surface area contributed by atoms with Gasteiger partial charge in [0.2, 0.25) is 10.0 Å². The first-order valence-electron chi connectivity index (χ1n) is 10.1. The van der Waals surface area contributed by atoms with Crippen molar-refractivity contribution in [2.45, 2.75) is 37.8 Å². The van der Waals surface area contributed by atoms with Crippen LogP contribution in [-0.2, 0) is 10.0 Å². The van der Waals surface area contributed by atoms with Crippen molar-refractivity contribution in [1.29, 1.82) is 0 Å². The van der Waals surface area contributed by atoms with Gasteiger partial charge in [0, 0.05) is 25.2 Å². The molecule has 3 rings (SSSR count). The third-order valence-electron chi connectivity index (χ3n) is 4.91. The lowest BCUT2D eigenvalue weighted by molar-refractivity contribution is 0.0709. The van der Waals surface area contributed by atoms with Crippen LogP contribution in [0.4, 0.5) is 5.69 Å². The van der Waals surface area contributed by atoms with Crippen molar-refractivity contribution in [3.05, 3.63) is 54.1 Å². The quantitative estimate of drug-likeness (QED) is 0.729. The van der Waals surface area contributed by atoms with Gasteiger partial charge in [-0.1, -0.05) is 18.2 Å². The molecule has 1 aliphatic rings. The minimum atomic E-state index is -3.66. The minimum Gasteiger partial charge on any atom is -0.485 e. The minimum absolute atomic E-state index is 0.0791. The molecule has 1 atom stereocenters. The summed E-state index contributed by atoms with van der Waals surface area (Å²) >= 11 is 0. The summed E-state index contributed by atoms with van der Waals surface area (Å²) in [6.45, 7) is 7.51. The number of likely N-dealkylation sites (N-methyl/N-ethyl adjacent to an activating group) is 2. The first-order valence-corrected chi connectivity index (χ1v) is 11.6. The number of para-hydroxylation sites is 2. The maximum absolute atomic E-state index is 13.0. The van der Waals surface area contributed by atoms with Gasteiger partial charge in [-0.05, 0) is 51.1 Å². The fraction of sp³-hybridized carbons (Fsp3) is 0.409. The molecule has 1 amide bonds. The van der Waals surface area contributed by atoms with Gasteiger partial charge in [-0.25, -0.2) is 13.1 Å². The van der Waals surface area contributed by atoms with E-state index in [2.05, 4.69) is 16.5 Å². The van der Waals surface area contributed by atoms with Gasteiger partial charge >= 0.3 is 0 Å². The van der Waals surface area contributed by atoms with Crippen LogP contribution in [0.25, 0.3) is 0 Å². The summed E-state index contributed by atoms with van der Waals surface area (Å²) in [5, 5.41) is 0. The molecule has 0 bridgehead atoms. The maximum Gasteiger partial charge on any atom is 0.253 e. The smallest absolute Gasteiger partial charge is 0.253 e. The number of hydrogen-bond acceptors (Lipinski definition) is 5. The number of hydrogen-bond donors (Lipinski definition) is 1. The van der Waals surface area contributed by atoms with Gasteiger partial charge in [0.1, 0.15) is 11.9 Å². The van der Waals surface area contributed by atoms with Crippen molar-refractivity contribution in [3.8, 4) is 5.75 Å². The van der Waals surface area contributed by atoms with Gasteiger partial charge in [-0.3, -0.25) is 4.79 Å². The number of ether oxygens (including phenoxy) is 1. The van der Waals surface area contributed by atoms with Crippen molar-refractivity contribution < 1.29 is 17.9 Å². The number of amides is 1. The van der Waals surface area contributed by atoms with Gasteiger partial charge in [0.05, 0.1) is 23.7 Å². The molecule has 8 heteroatoms. The Hall–Kier alpha value is -2.58. The summed E-state index contributed by atoms with van der Waals surface area (Å²) in [6, 6.07) is 13.8. The molecule has 7 nitrogen and oxygen atoms in total. The Labute approximate surface area is 178 Å². The molecule has 0 fully saturated rings. The molecule has 0 aliphatic carbocycles. The fourth-order valence-electron chi connectivity index (χ4n) is 3.56. The van der Waals surface area contributed by atoms with Gasteiger partial charge in [-0.2, -0.15) is 0 Å². The Balaban J connectivity index is 1.73. The average Bonchev–Trinajstić information content (AvgIpc) is 2.71. The highest BCUT2D eigenvalue weighted by atomic mass is 32.2. The number of carbonyl (C=O) groups excluding carboxylic acids is 1. The van der Waals surface area contributed by atoms with Crippen molar-refractivity contribution in [2.75, 3.05) is 31.6 Å². The maximum atomic E-state index is 13.0. The second-order valence-corrected chi connectivity index (χ2v) is 9.45. The molecule has 0 radical (unpaired) electrons.